The number of nitrogens with zero attached hydrogens (tertiary/aromatic N) is 1. The van der Waals surface area contributed by atoms with Crippen LogP contribution in [0.3, 0.4) is 0 Å². The van der Waals surface area contributed by atoms with Gasteiger partial charge in [-0.2, -0.15) is 0 Å². The third-order valence-corrected chi connectivity index (χ3v) is 2.73. The maximum Gasteiger partial charge on any atom is 0.220 e. The maximum atomic E-state index is 10.7. The fourth-order valence-electron chi connectivity index (χ4n) is 1.18. The Morgan fingerprint density at radius 2 is 2.44 bits per heavy atom. The van der Waals surface area contributed by atoms with Crippen LogP contribution in [0.4, 0.5) is 0 Å². The Hall–Kier alpha value is -1.29. The van der Waals surface area contributed by atoms with Gasteiger partial charge in [-0.15, -0.1) is 0 Å². The van der Waals surface area contributed by atoms with Crippen LogP contribution in [0.15, 0.2) is 24.4 Å². The second kappa shape index (κ2) is 7.06. The highest BCUT2D eigenvalue weighted by Crippen LogP contribution is 2.15. The van der Waals surface area contributed by atoms with Crippen LogP contribution in [0.5, 0.6) is 5.88 Å². The molecule has 1 aromatic heterocycles. The van der Waals surface area contributed by atoms with Crippen molar-refractivity contribution in [1.29, 1.82) is 0 Å². The maximum absolute atomic E-state index is 10.7. The second-order valence-corrected chi connectivity index (χ2v) is 4.40. The van der Waals surface area contributed by atoms with Gasteiger partial charge in [-0.05, 0) is 18.6 Å². The summed E-state index contributed by atoms with van der Waals surface area (Å²) >= 11 is 1.34. The molecule has 16 heavy (non-hydrogen) atoms. The first-order valence-corrected chi connectivity index (χ1v) is 6.01. The van der Waals surface area contributed by atoms with Gasteiger partial charge in [-0.1, -0.05) is 23.9 Å². The molecule has 3 nitrogen and oxygen atoms in total. The fourth-order valence-corrected chi connectivity index (χ4v) is 1.72. The minimum Gasteiger partial charge on any atom is -0.481 e. The lowest BCUT2D eigenvalue weighted by molar-refractivity contribution is -0.109. The third kappa shape index (κ3) is 4.49. The average molecular weight is 237 g/mol. The molecule has 0 atom stereocenters. The average Bonchev–Trinajstić information content (AvgIpc) is 2.29. The predicted octanol–water partition coefficient (Wildman–Crippen LogP) is 2.77. The normalized spacial score (nSPS) is 10.6. The largest absolute Gasteiger partial charge is 0.481 e. The van der Waals surface area contributed by atoms with Gasteiger partial charge in [0, 0.05) is 24.4 Å². The van der Waals surface area contributed by atoms with Crippen LogP contribution in [0.2, 0.25) is 0 Å². The Balaban J connectivity index is 2.46. The highest BCUT2D eigenvalue weighted by molar-refractivity contribution is 8.13. The molecule has 0 saturated carbocycles. The van der Waals surface area contributed by atoms with Crippen molar-refractivity contribution in [3.05, 3.63) is 30.0 Å². The van der Waals surface area contributed by atoms with Crippen LogP contribution < -0.4 is 4.74 Å². The summed E-state index contributed by atoms with van der Waals surface area (Å²) in [6.45, 7) is 1.58. The monoisotopic (exact) mass is 237 g/mol. The molecule has 0 spiro atoms. The van der Waals surface area contributed by atoms with E-state index in [1.165, 1.54) is 11.8 Å². The van der Waals surface area contributed by atoms with E-state index in [4.69, 9.17) is 4.74 Å². The number of hydrogen-bond donors (Lipinski definition) is 0. The summed E-state index contributed by atoms with van der Waals surface area (Å²) in [5, 5.41) is 0.160. The molecule has 0 aliphatic rings. The van der Waals surface area contributed by atoms with E-state index in [-0.39, 0.29) is 5.12 Å². The molecule has 0 fully saturated rings. The Bertz CT molecular complexity index is 377. The molecule has 1 heterocycles. The van der Waals surface area contributed by atoms with E-state index in [0.717, 1.165) is 17.7 Å². The van der Waals surface area contributed by atoms with Crippen molar-refractivity contribution in [2.24, 2.45) is 0 Å². The first-order valence-electron chi connectivity index (χ1n) is 5.03. The van der Waals surface area contributed by atoms with E-state index in [0.29, 0.717) is 5.88 Å². The zero-order chi connectivity index (χ0) is 11.8. The third-order valence-electron chi connectivity index (χ3n) is 1.88. The van der Waals surface area contributed by atoms with Crippen LogP contribution in [-0.4, -0.2) is 23.0 Å². The second-order valence-electron chi connectivity index (χ2n) is 3.13. The standard InChI is InChI=1S/C12H15NO2S/c1-10(14)16-9-4-3-6-11-7-5-8-13-12(11)15-2/h3,5-8H,4,9H2,1-2H3. The van der Waals surface area contributed by atoms with Gasteiger partial charge in [0.25, 0.3) is 0 Å². The first kappa shape index (κ1) is 12.8. The summed E-state index contributed by atoms with van der Waals surface area (Å²) in [7, 11) is 1.60. The Morgan fingerprint density at radius 1 is 1.62 bits per heavy atom. The van der Waals surface area contributed by atoms with E-state index < -0.39 is 0 Å². The van der Waals surface area contributed by atoms with Crippen LogP contribution >= 0.6 is 11.8 Å². The molecular weight excluding hydrogens is 222 g/mol. The van der Waals surface area contributed by atoms with Crippen LogP contribution in [0.1, 0.15) is 18.9 Å². The number of thioether (sulfide) groups is 1. The molecule has 0 aliphatic heterocycles. The minimum absolute atomic E-state index is 0.160. The molecule has 0 aromatic carbocycles. The molecule has 0 amide bonds. The number of hydrogen-bond acceptors (Lipinski definition) is 4. The van der Waals surface area contributed by atoms with Gasteiger partial charge in [0.15, 0.2) is 5.12 Å². The van der Waals surface area contributed by atoms with Gasteiger partial charge >= 0.3 is 0 Å². The van der Waals surface area contributed by atoms with E-state index >= 15 is 0 Å². The summed E-state index contributed by atoms with van der Waals surface area (Å²) in [6.07, 6.45) is 6.55. The SMILES string of the molecule is COc1ncccc1C=CCCSC(C)=O. The topological polar surface area (TPSA) is 39.2 Å². The molecular formula is C12H15NO2S. The molecule has 86 valence electrons. The number of carbonyl (C=O) groups is 1. The molecule has 4 heteroatoms. The quantitative estimate of drug-likeness (QED) is 0.738. The van der Waals surface area contributed by atoms with Crippen molar-refractivity contribution >= 4 is 23.0 Å². The minimum atomic E-state index is 0.160. The van der Waals surface area contributed by atoms with Gasteiger partial charge in [0.05, 0.1) is 7.11 Å². The van der Waals surface area contributed by atoms with Crippen LogP contribution in [0, 0.1) is 0 Å². The van der Waals surface area contributed by atoms with Crippen molar-refractivity contribution in [2.45, 2.75) is 13.3 Å². The van der Waals surface area contributed by atoms with Crippen molar-refractivity contribution in [2.75, 3.05) is 12.9 Å². The molecule has 1 rings (SSSR count). The number of pyridine rings is 1. The molecule has 0 radical (unpaired) electrons. The van der Waals surface area contributed by atoms with Crippen molar-refractivity contribution in [3.63, 3.8) is 0 Å². The summed E-state index contributed by atoms with van der Waals surface area (Å²) in [6, 6.07) is 3.81. The van der Waals surface area contributed by atoms with Gasteiger partial charge < -0.3 is 4.74 Å². The highest BCUT2D eigenvalue weighted by Gasteiger charge is 1.97. The van der Waals surface area contributed by atoms with Crippen molar-refractivity contribution < 1.29 is 9.53 Å². The summed E-state index contributed by atoms with van der Waals surface area (Å²) < 4.78 is 5.12. The summed E-state index contributed by atoms with van der Waals surface area (Å²) in [5.74, 6) is 1.44. The van der Waals surface area contributed by atoms with E-state index in [2.05, 4.69) is 4.98 Å². The van der Waals surface area contributed by atoms with Gasteiger partial charge in [-0.25, -0.2) is 4.98 Å². The van der Waals surface area contributed by atoms with E-state index in [9.17, 15) is 4.79 Å². The number of rotatable bonds is 5. The Kier molecular flexibility index (Phi) is 5.64. The molecule has 0 aliphatic carbocycles. The van der Waals surface area contributed by atoms with E-state index in [1.807, 2.05) is 24.3 Å². The lowest BCUT2D eigenvalue weighted by Crippen LogP contribution is -1.89. The number of aromatic nitrogens is 1. The number of carbonyl (C=O) groups excluding carboxylic acids is 1. The number of methoxy groups -OCH3 is 1. The van der Waals surface area contributed by atoms with Crippen molar-refractivity contribution in [1.82, 2.24) is 4.98 Å². The Morgan fingerprint density at radius 3 is 3.12 bits per heavy atom. The predicted molar refractivity (Wildman–Crippen MR) is 67.6 cm³/mol. The Labute approximate surface area is 99.9 Å². The summed E-state index contributed by atoms with van der Waals surface area (Å²) in [4.78, 5) is 14.8. The van der Waals surface area contributed by atoms with E-state index in [1.54, 1.807) is 20.2 Å². The molecule has 0 bridgehead atoms. The molecule has 0 saturated heterocycles. The zero-order valence-corrected chi connectivity index (χ0v) is 10.3. The first-order chi connectivity index (χ1) is 7.74. The molecule has 0 unspecified atom stereocenters. The number of allylic oxidation sites excluding steroid dienone is 1. The van der Waals surface area contributed by atoms with Gasteiger partial charge in [0.1, 0.15) is 0 Å². The van der Waals surface area contributed by atoms with Gasteiger partial charge in [-0.3, -0.25) is 4.79 Å². The highest BCUT2D eigenvalue weighted by atomic mass is 32.2. The lowest BCUT2D eigenvalue weighted by atomic mass is 10.2. The summed E-state index contributed by atoms with van der Waals surface area (Å²) in [5.41, 5.74) is 0.956. The van der Waals surface area contributed by atoms with Crippen molar-refractivity contribution in [3.8, 4) is 5.88 Å². The van der Waals surface area contributed by atoms with Crippen LogP contribution in [0.25, 0.3) is 6.08 Å². The van der Waals surface area contributed by atoms with Gasteiger partial charge in [0.2, 0.25) is 5.88 Å². The smallest absolute Gasteiger partial charge is 0.220 e. The molecule has 0 N–H and O–H groups in total. The number of ether oxygens (including phenoxy) is 1. The van der Waals surface area contributed by atoms with Crippen LogP contribution in [-0.2, 0) is 4.79 Å². The lowest BCUT2D eigenvalue weighted by Gasteiger charge is -2.01. The fraction of sp³-hybridized carbons (Fsp3) is 0.333. The zero-order valence-electron chi connectivity index (χ0n) is 9.47. The molecule has 1 aromatic rings.